The van der Waals surface area contributed by atoms with E-state index in [9.17, 15) is 4.79 Å². The van der Waals surface area contributed by atoms with Gasteiger partial charge >= 0.3 is 0 Å². The fraction of sp³-hybridized carbons (Fsp3) is 0.409. The van der Waals surface area contributed by atoms with Crippen molar-refractivity contribution in [2.45, 2.75) is 13.0 Å². The molecule has 3 heterocycles. The summed E-state index contributed by atoms with van der Waals surface area (Å²) < 4.78 is 21.6. The summed E-state index contributed by atoms with van der Waals surface area (Å²) in [5.74, 6) is 2.84. The molecule has 170 valence electrons. The maximum atomic E-state index is 12.9. The summed E-state index contributed by atoms with van der Waals surface area (Å²) in [4.78, 5) is 22.5. The Labute approximate surface area is 190 Å². The summed E-state index contributed by atoms with van der Waals surface area (Å²) in [5.41, 5.74) is 0.768. The molecule has 4 rings (SSSR count). The first-order chi connectivity index (χ1) is 15.6. The van der Waals surface area contributed by atoms with Crippen LogP contribution in [-0.2, 0) is 17.8 Å². The molecular formula is C22H26N4O5S. The van der Waals surface area contributed by atoms with Gasteiger partial charge in [0.1, 0.15) is 0 Å². The predicted molar refractivity (Wildman–Crippen MR) is 119 cm³/mol. The van der Waals surface area contributed by atoms with Crippen molar-refractivity contribution in [1.82, 2.24) is 19.9 Å². The molecule has 9 nitrogen and oxygen atoms in total. The molecule has 0 aliphatic carbocycles. The summed E-state index contributed by atoms with van der Waals surface area (Å²) in [6.45, 7) is 3.33. The van der Waals surface area contributed by atoms with E-state index in [0.717, 1.165) is 23.5 Å². The van der Waals surface area contributed by atoms with Crippen molar-refractivity contribution in [2.75, 3.05) is 47.5 Å². The maximum absolute atomic E-state index is 12.9. The SMILES string of the molecule is COc1ccc(CC(=O)N2CCN(Cc3nc(-c4cccs4)no3)CC2)c(OC)c1OC. The van der Waals surface area contributed by atoms with Gasteiger partial charge in [0.15, 0.2) is 11.5 Å². The van der Waals surface area contributed by atoms with E-state index >= 15 is 0 Å². The van der Waals surface area contributed by atoms with Crippen molar-refractivity contribution >= 4 is 17.2 Å². The first-order valence-electron chi connectivity index (χ1n) is 10.3. The third-order valence-electron chi connectivity index (χ3n) is 5.42. The van der Waals surface area contributed by atoms with Gasteiger partial charge in [0.2, 0.25) is 23.4 Å². The zero-order chi connectivity index (χ0) is 22.5. The van der Waals surface area contributed by atoms with Gasteiger partial charge in [-0.2, -0.15) is 4.98 Å². The Kier molecular flexibility index (Phi) is 6.91. The van der Waals surface area contributed by atoms with E-state index in [-0.39, 0.29) is 12.3 Å². The van der Waals surface area contributed by atoms with Crippen LogP contribution in [0, 0.1) is 0 Å². The van der Waals surface area contributed by atoms with Crippen LogP contribution in [0.25, 0.3) is 10.7 Å². The molecule has 0 spiro atoms. The first kappa shape index (κ1) is 22.1. The molecule has 0 saturated carbocycles. The topological polar surface area (TPSA) is 90.2 Å². The molecule has 32 heavy (non-hydrogen) atoms. The number of benzene rings is 1. The lowest BCUT2D eigenvalue weighted by Crippen LogP contribution is -2.48. The minimum atomic E-state index is 0.0490. The minimum absolute atomic E-state index is 0.0490. The Bertz CT molecular complexity index is 1040. The van der Waals surface area contributed by atoms with Crippen LogP contribution >= 0.6 is 11.3 Å². The molecular weight excluding hydrogens is 432 g/mol. The van der Waals surface area contributed by atoms with Crippen molar-refractivity contribution < 1.29 is 23.5 Å². The van der Waals surface area contributed by atoms with Gasteiger partial charge in [-0.25, -0.2) is 0 Å². The Balaban J connectivity index is 1.33. The van der Waals surface area contributed by atoms with Crippen LogP contribution in [0.5, 0.6) is 17.2 Å². The molecule has 10 heteroatoms. The number of methoxy groups -OCH3 is 3. The number of rotatable bonds is 8. The van der Waals surface area contributed by atoms with Gasteiger partial charge in [-0.3, -0.25) is 9.69 Å². The molecule has 2 aromatic heterocycles. The molecule has 0 unspecified atom stereocenters. The summed E-state index contributed by atoms with van der Waals surface area (Å²) in [5, 5.41) is 6.04. The minimum Gasteiger partial charge on any atom is -0.493 e. The highest BCUT2D eigenvalue weighted by atomic mass is 32.1. The van der Waals surface area contributed by atoms with Crippen LogP contribution in [0.1, 0.15) is 11.5 Å². The Morgan fingerprint density at radius 1 is 1.06 bits per heavy atom. The van der Waals surface area contributed by atoms with E-state index in [4.69, 9.17) is 18.7 Å². The number of thiophene rings is 1. The summed E-state index contributed by atoms with van der Waals surface area (Å²) >= 11 is 1.58. The van der Waals surface area contributed by atoms with Crippen LogP contribution in [0.4, 0.5) is 0 Å². The van der Waals surface area contributed by atoms with E-state index in [1.165, 1.54) is 0 Å². The second-order valence-corrected chi connectivity index (χ2v) is 8.26. The van der Waals surface area contributed by atoms with E-state index in [1.54, 1.807) is 38.7 Å². The third-order valence-corrected chi connectivity index (χ3v) is 6.29. The maximum Gasteiger partial charge on any atom is 0.241 e. The number of aromatic nitrogens is 2. The van der Waals surface area contributed by atoms with Gasteiger partial charge in [-0.15, -0.1) is 11.3 Å². The first-order valence-corrected chi connectivity index (χ1v) is 11.1. The molecule has 1 fully saturated rings. The van der Waals surface area contributed by atoms with Crippen molar-refractivity contribution in [3.63, 3.8) is 0 Å². The van der Waals surface area contributed by atoms with E-state index in [0.29, 0.717) is 48.6 Å². The lowest BCUT2D eigenvalue weighted by atomic mass is 10.1. The van der Waals surface area contributed by atoms with Gasteiger partial charge in [-0.1, -0.05) is 17.3 Å². The van der Waals surface area contributed by atoms with Crippen LogP contribution in [0.2, 0.25) is 0 Å². The fourth-order valence-electron chi connectivity index (χ4n) is 3.75. The van der Waals surface area contributed by atoms with Crippen LogP contribution in [0.3, 0.4) is 0 Å². The summed E-state index contributed by atoms with van der Waals surface area (Å²) in [6, 6.07) is 7.56. The summed E-state index contributed by atoms with van der Waals surface area (Å²) in [6.07, 6.45) is 0.233. The summed E-state index contributed by atoms with van der Waals surface area (Å²) in [7, 11) is 4.68. The number of hydrogen-bond donors (Lipinski definition) is 0. The average Bonchev–Trinajstić information content (AvgIpc) is 3.51. The molecule has 1 saturated heterocycles. The van der Waals surface area contributed by atoms with Crippen LogP contribution < -0.4 is 14.2 Å². The van der Waals surface area contributed by atoms with Crippen molar-refractivity contribution in [1.29, 1.82) is 0 Å². The van der Waals surface area contributed by atoms with Crippen LogP contribution in [-0.4, -0.2) is 73.4 Å². The fourth-order valence-corrected chi connectivity index (χ4v) is 4.40. The molecule has 0 N–H and O–H groups in total. The Morgan fingerprint density at radius 3 is 2.50 bits per heavy atom. The average molecular weight is 459 g/mol. The zero-order valence-electron chi connectivity index (χ0n) is 18.4. The molecule has 3 aromatic rings. The molecule has 1 amide bonds. The smallest absolute Gasteiger partial charge is 0.241 e. The number of piperazine rings is 1. The molecule has 0 bridgehead atoms. The molecule has 0 radical (unpaired) electrons. The number of ether oxygens (including phenoxy) is 3. The molecule has 1 aliphatic heterocycles. The normalized spacial score (nSPS) is 14.4. The monoisotopic (exact) mass is 458 g/mol. The predicted octanol–water partition coefficient (Wildman–Crippen LogP) is 2.71. The third kappa shape index (κ3) is 4.71. The lowest BCUT2D eigenvalue weighted by Gasteiger charge is -2.34. The second kappa shape index (κ2) is 10.0. The highest BCUT2D eigenvalue weighted by Crippen LogP contribution is 2.40. The lowest BCUT2D eigenvalue weighted by molar-refractivity contribution is -0.132. The highest BCUT2D eigenvalue weighted by molar-refractivity contribution is 7.13. The van der Waals surface area contributed by atoms with E-state index in [1.807, 2.05) is 28.5 Å². The van der Waals surface area contributed by atoms with Gasteiger partial charge in [-0.05, 0) is 17.5 Å². The van der Waals surface area contributed by atoms with E-state index in [2.05, 4.69) is 15.0 Å². The number of carbonyl (C=O) groups excluding carboxylic acids is 1. The van der Waals surface area contributed by atoms with Crippen molar-refractivity contribution in [2.24, 2.45) is 0 Å². The Morgan fingerprint density at radius 2 is 1.84 bits per heavy atom. The molecule has 1 aliphatic rings. The Hall–Kier alpha value is -3.11. The highest BCUT2D eigenvalue weighted by Gasteiger charge is 2.25. The van der Waals surface area contributed by atoms with Gasteiger partial charge in [0, 0.05) is 31.7 Å². The van der Waals surface area contributed by atoms with Gasteiger partial charge in [0.05, 0.1) is 39.2 Å². The molecule has 1 aromatic carbocycles. The van der Waals surface area contributed by atoms with Gasteiger partial charge in [0.25, 0.3) is 0 Å². The largest absolute Gasteiger partial charge is 0.493 e. The van der Waals surface area contributed by atoms with Crippen molar-refractivity contribution in [3.05, 3.63) is 41.1 Å². The second-order valence-electron chi connectivity index (χ2n) is 7.32. The molecule has 0 atom stereocenters. The van der Waals surface area contributed by atoms with E-state index < -0.39 is 0 Å². The quantitative estimate of drug-likeness (QED) is 0.509. The van der Waals surface area contributed by atoms with Crippen molar-refractivity contribution in [3.8, 4) is 28.0 Å². The number of nitrogens with zero attached hydrogens (tertiary/aromatic N) is 4. The number of amides is 1. The van der Waals surface area contributed by atoms with Crippen LogP contribution in [0.15, 0.2) is 34.2 Å². The standard InChI is InChI=1S/C22H26N4O5S/c1-28-16-7-6-15(20(29-2)21(16)30-3)13-19(27)26-10-8-25(9-11-26)14-18-23-22(24-31-18)17-5-4-12-32-17/h4-7,12H,8-11,13-14H2,1-3H3. The number of hydrogen-bond acceptors (Lipinski definition) is 9. The van der Waals surface area contributed by atoms with Gasteiger partial charge < -0.3 is 23.6 Å². The number of carbonyl (C=O) groups is 1. The zero-order valence-corrected chi connectivity index (χ0v) is 19.2.